The highest BCUT2D eigenvalue weighted by molar-refractivity contribution is 7.97. The van der Waals surface area contributed by atoms with Gasteiger partial charge in [0.2, 0.25) is 9.84 Å². The molecular weight excluding hydrogens is 625 g/mol. The minimum Gasteiger partial charge on any atom is -0.489 e. The number of ether oxygens (including phenoxy) is 2. The molecule has 1 amide bonds. The van der Waals surface area contributed by atoms with Crippen molar-refractivity contribution in [1.82, 2.24) is 4.90 Å². The number of carbonyl (C=O) groups excluding carboxylic acids is 1. The molecule has 0 radical (unpaired) electrons. The Morgan fingerprint density at radius 2 is 1.31 bits per heavy atom. The molecule has 8 nitrogen and oxygen atoms in total. The van der Waals surface area contributed by atoms with Gasteiger partial charge in [-0.25, -0.2) is 8.42 Å². The fourth-order valence-electron chi connectivity index (χ4n) is 5.74. The average Bonchev–Trinajstić information content (AvgIpc) is 3.30. The van der Waals surface area contributed by atoms with E-state index < -0.39 is 21.1 Å². The molecule has 1 N–H and O–H groups in total. The number of aliphatic hydroxyl groups excluding tert-OH is 1. The zero-order valence-electron chi connectivity index (χ0n) is 26.3. The Kier molecular flexibility index (Phi) is 10.3. The topological polar surface area (TPSA) is 96.4 Å². The number of carbonyl (C=O) groups is 1. The quantitative estimate of drug-likeness (QED) is 0.107. The van der Waals surface area contributed by atoms with Gasteiger partial charge in [0.05, 0.1) is 25.5 Å². The van der Waals surface area contributed by atoms with Crippen LogP contribution in [0, 0.1) is 0 Å². The van der Waals surface area contributed by atoms with Gasteiger partial charge in [-0.15, -0.1) is 0 Å². The van der Waals surface area contributed by atoms with E-state index in [1.165, 1.54) is 11.0 Å². The number of nitrogens with zero attached hydrogens (tertiary/aromatic N) is 2. The van der Waals surface area contributed by atoms with Crippen molar-refractivity contribution >= 4 is 38.9 Å². The highest BCUT2D eigenvalue weighted by Gasteiger charge is 2.49. The Hall–Kier alpha value is -5.22. The van der Waals surface area contributed by atoms with Crippen LogP contribution in [0.3, 0.4) is 0 Å². The third-order valence-corrected chi connectivity index (χ3v) is 9.93. The van der Waals surface area contributed by atoms with Crippen molar-refractivity contribution < 1.29 is 27.8 Å². The molecule has 0 aliphatic carbocycles. The largest absolute Gasteiger partial charge is 0.489 e. The maximum absolute atomic E-state index is 14.2. The zero-order valence-corrected chi connectivity index (χ0v) is 27.1. The molecule has 244 valence electrons. The standard InChI is InChI=1S/C39H36N2O6S/c42-23-24-46-25-26-47-36-27-31(21-22-35(36)41(33-17-9-3-10-18-33)34-19-11-4-12-20-34)28-37-38(43)40(29-30-13-5-1-6-14-30)39(48(37,44)45)32-15-7-2-8-16-32/h1-22,27-28,39,42H,23-26,29H2. The molecule has 1 heterocycles. The van der Waals surface area contributed by atoms with E-state index in [4.69, 9.17) is 14.6 Å². The molecule has 6 rings (SSSR count). The molecule has 1 aliphatic rings. The Labute approximate surface area is 281 Å². The Morgan fingerprint density at radius 3 is 1.92 bits per heavy atom. The minimum atomic E-state index is -4.11. The molecule has 5 aromatic rings. The van der Waals surface area contributed by atoms with Gasteiger partial charge >= 0.3 is 0 Å². The van der Waals surface area contributed by atoms with E-state index in [0.29, 0.717) is 22.6 Å². The average molecular weight is 661 g/mol. The van der Waals surface area contributed by atoms with Crippen molar-refractivity contribution in [2.24, 2.45) is 0 Å². The van der Waals surface area contributed by atoms with Gasteiger partial charge in [-0.3, -0.25) is 4.79 Å². The molecule has 1 fully saturated rings. The summed E-state index contributed by atoms with van der Waals surface area (Å²) in [4.78, 5) is 17.2. The predicted molar refractivity (Wildman–Crippen MR) is 188 cm³/mol. The Bertz CT molecular complexity index is 1910. The fraction of sp³-hybridized carbons (Fsp3) is 0.154. The van der Waals surface area contributed by atoms with Crippen molar-refractivity contribution in [2.75, 3.05) is 31.3 Å². The molecule has 1 unspecified atom stereocenters. The smallest absolute Gasteiger partial charge is 0.267 e. The van der Waals surface area contributed by atoms with Crippen LogP contribution in [-0.2, 0) is 25.9 Å². The van der Waals surface area contributed by atoms with Gasteiger partial charge in [-0.2, -0.15) is 0 Å². The van der Waals surface area contributed by atoms with Gasteiger partial charge in [-0.1, -0.05) is 103 Å². The molecule has 48 heavy (non-hydrogen) atoms. The van der Waals surface area contributed by atoms with E-state index in [-0.39, 0.29) is 37.9 Å². The van der Waals surface area contributed by atoms with Gasteiger partial charge in [0.15, 0.2) is 5.37 Å². The zero-order chi connectivity index (χ0) is 33.3. The van der Waals surface area contributed by atoms with Gasteiger partial charge in [0, 0.05) is 17.9 Å². The molecule has 0 aromatic heterocycles. The Morgan fingerprint density at radius 1 is 0.729 bits per heavy atom. The number of sulfone groups is 1. The van der Waals surface area contributed by atoms with Gasteiger partial charge in [0.1, 0.15) is 17.3 Å². The van der Waals surface area contributed by atoms with E-state index in [2.05, 4.69) is 0 Å². The summed E-state index contributed by atoms with van der Waals surface area (Å²) in [6.07, 6.45) is 1.44. The second-order valence-electron chi connectivity index (χ2n) is 11.2. The lowest BCUT2D eigenvalue weighted by Gasteiger charge is -2.27. The van der Waals surface area contributed by atoms with Crippen molar-refractivity contribution in [3.05, 3.63) is 161 Å². The van der Waals surface area contributed by atoms with Crippen LogP contribution >= 0.6 is 0 Å². The summed E-state index contributed by atoms with van der Waals surface area (Å²) < 4.78 is 40.1. The summed E-state index contributed by atoms with van der Waals surface area (Å²) in [6, 6.07) is 43.3. The lowest BCUT2D eigenvalue weighted by molar-refractivity contribution is -0.126. The SMILES string of the molecule is O=C1C(=Cc2ccc(N(c3ccccc3)c3ccccc3)c(OCCOCCO)c2)S(=O)(=O)C(c2ccccc2)N1Cc1ccccc1. The van der Waals surface area contributed by atoms with Gasteiger partial charge in [0.25, 0.3) is 5.91 Å². The predicted octanol–water partition coefficient (Wildman–Crippen LogP) is 7.04. The number of benzene rings is 5. The van der Waals surface area contributed by atoms with Crippen LogP contribution < -0.4 is 9.64 Å². The van der Waals surface area contributed by atoms with Crippen LogP contribution in [0.15, 0.2) is 144 Å². The summed E-state index contributed by atoms with van der Waals surface area (Å²) in [5.41, 5.74) is 4.35. The number of anilines is 3. The normalized spacial score (nSPS) is 16.3. The summed E-state index contributed by atoms with van der Waals surface area (Å²) >= 11 is 0. The van der Waals surface area contributed by atoms with E-state index in [1.807, 2.05) is 108 Å². The lowest BCUT2D eigenvalue weighted by Crippen LogP contribution is -2.28. The fourth-order valence-corrected chi connectivity index (χ4v) is 7.67. The summed E-state index contributed by atoms with van der Waals surface area (Å²) in [6.45, 7) is 0.646. The molecule has 0 saturated carbocycles. The lowest BCUT2D eigenvalue weighted by atomic mass is 10.1. The van der Waals surface area contributed by atoms with Crippen molar-refractivity contribution in [2.45, 2.75) is 11.9 Å². The first-order valence-corrected chi connectivity index (χ1v) is 17.2. The summed E-state index contributed by atoms with van der Waals surface area (Å²) in [7, 11) is -4.11. The van der Waals surface area contributed by atoms with E-state index in [1.54, 1.807) is 36.4 Å². The first-order valence-electron chi connectivity index (χ1n) is 15.7. The van der Waals surface area contributed by atoms with E-state index in [0.717, 1.165) is 16.9 Å². The number of hydrogen-bond acceptors (Lipinski definition) is 7. The van der Waals surface area contributed by atoms with Crippen LogP contribution in [-0.4, -0.2) is 50.8 Å². The van der Waals surface area contributed by atoms with Crippen LogP contribution in [0.4, 0.5) is 17.1 Å². The number of rotatable bonds is 13. The highest BCUT2D eigenvalue weighted by atomic mass is 32.2. The molecule has 1 saturated heterocycles. The molecular formula is C39H36N2O6S. The Balaban J connectivity index is 1.43. The summed E-state index contributed by atoms with van der Waals surface area (Å²) in [5.74, 6) is -0.0971. The van der Waals surface area contributed by atoms with Crippen molar-refractivity contribution in [3.63, 3.8) is 0 Å². The maximum Gasteiger partial charge on any atom is 0.267 e. The second-order valence-corrected chi connectivity index (χ2v) is 13.1. The number of amides is 1. The molecule has 1 aliphatic heterocycles. The van der Waals surface area contributed by atoms with Crippen molar-refractivity contribution in [3.8, 4) is 5.75 Å². The first kappa shape index (κ1) is 32.7. The van der Waals surface area contributed by atoms with E-state index >= 15 is 0 Å². The van der Waals surface area contributed by atoms with Crippen LogP contribution in [0.1, 0.15) is 22.1 Å². The molecule has 1 atom stereocenters. The monoisotopic (exact) mass is 660 g/mol. The second kappa shape index (κ2) is 15.1. The van der Waals surface area contributed by atoms with Crippen molar-refractivity contribution in [1.29, 1.82) is 0 Å². The molecule has 0 spiro atoms. The minimum absolute atomic E-state index is 0.0993. The van der Waals surface area contributed by atoms with Crippen LogP contribution in [0.2, 0.25) is 0 Å². The molecule has 5 aromatic carbocycles. The van der Waals surface area contributed by atoms with Crippen LogP contribution in [0.25, 0.3) is 6.08 Å². The van der Waals surface area contributed by atoms with Crippen LogP contribution in [0.5, 0.6) is 5.75 Å². The molecule has 9 heteroatoms. The highest BCUT2D eigenvalue weighted by Crippen LogP contribution is 2.44. The summed E-state index contributed by atoms with van der Waals surface area (Å²) in [5, 5.41) is 7.96. The van der Waals surface area contributed by atoms with Gasteiger partial charge in [-0.05, 0) is 59.2 Å². The molecule has 0 bridgehead atoms. The number of aliphatic hydroxyl groups is 1. The van der Waals surface area contributed by atoms with Gasteiger partial charge < -0.3 is 24.4 Å². The van der Waals surface area contributed by atoms with E-state index in [9.17, 15) is 13.2 Å². The third kappa shape index (κ3) is 7.18. The third-order valence-electron chi connectivity index (χ3n) is 7.91. The number of hydrogen-bond donors (Lipinski definition) is 1. The maximum atomic E-state index is 14.2. The number of para-hydroxylation sites is 2. The first-order chi connectivity index (χ1) is 23.5.